The summed E-state index contributed by atoms with van der Waals surface area (Å²) < 4.78 is 0. The first kappa shape index (κ1) is 13.7. The molecule has 1 unspecified atom stereocenters. The second-order valence-electron chi connectivity index (χ2n) is 4.96. The minimum Gasteiger partial charge on any atom is -0.367 e. The lowest BCUT2D eigenvalue weighted by atomic mass is 10.0. The van der Waals surface area contributed by atoms with Crippen molar-refractivity contribution in [1.82, 2.24) is 5.32 Å². The highest BCUT2D eigenvalue weighted by Gasteiger charge is 2.22. The molecule has 4 heteroatoms. The van der Waals surface area contributed by atoms with E-state index in [1.165, 1.54) is 5.56 Å². The van der Waals surface area contributed by atoms with Gasteiger partial charge < -0.3 is 10.2 Å². The van der Waals surface area contributed by atoms with Crippen molar-refractivity contribution in [2.24, 2.45) is 0 Å². The quantitative estimate of drug-likeness (QED) is 0.897. The lowest BCUT2D eigenvalue weighted by Gasteiger charge is -2.36. The second kappa shape index (κ2) is 6.04. The number of halogens is 2. The lowest BCUT2D eigenvalue weighted by Crippen LogP contribution is -2.46. The van der Waals surface area contributed by atoms with Crippen LogP contribution in [0.15, 0.2) is 48.5 Å². The van der Waals surface area contributed by atoms with E-state index < -0.39 is 0 Å². The van der Waals surface area contributed by atoms with Crippen molar-refractivity contribution in [2.45, 2.75) is 6.04 Å². The van der Waals surface area contributed by atoms with Gasteiger partial charge in [0, 0.05) is 30.7 Å². The molecule has 0 spiro atoms. The van der Waals surface area contributed by atoms with Gasteiger partial charge in [0.15, 0.2) is 0 Å². The maximum Gasteiger partial charge on any atom is 0.0640 e. The van der Waals surface area contributed by atoms with Crippen molar-refractivity contribution >= 4 is 28.9 Å². The average Bonchev–Trinajstić information content (AvgIpc) is 2.51. The van der Waals surface area contributed by atoms with Crippen LogP contribution in [0.3, 0.4) is 0 Å². The number of piperazine rings is 1. The van der Waals surface area contributed by atoms with E-state index >= 15 is 0 Å². The SMILES string of the molecule is Clc1ccc(Cl)c(N2CCNC(c3ccccc3)C2)c1. The third-order valence-corrected chi connectivity index (χ3v) is 4.18. The molecule has 0 bridgehead atoms. The van der Waals surface area contributed by atoms with E-state index in [2.05, 4.69) is 34.5 Å². The van der Waals surface area contributed by atoms with E-state index in [0.717, 1.165) is 35.4 Å². The summed E-state index contributed by atoms with van der Waals surface area (Å²) in [5, 5.41) is 5.03. The van der Waals surface area contributed by atoms with Crippen LogP contribution >= 0.6 is 23.2 Å². The van der Waals surface area contributed by atoms with Crippen molar-refractivity contribution in [3.05, 3.63) is 64.1 Å². The van der Waals surface area contributed by atoms with Gasteiger partial charge in [0.1, 0.15) is 0 Å². The zero-order chi connectivity index (χ0) is 13.9. The summed E-state index contributed by atoms with van der Waals surface area (Å²) in [5.74, 6) is 0. The van der Waals surface area contributed by atoms with Crippen molar-refractivity contribution in [3.8, 4) is 0 Å². The molecular weight excluding hydrogens is 291 g/mol. The van der Waals surface area contributed by atoms with E-state index in [1.807, 2.05) is 24.3 Å². The Bertz CT molecular complexity index is 586. The largest absolute Gasteiger partial charge is 0.367 e. The maximum absolute atomic E-state index is 6.30. The number of nitrogens with zero attached hydrogens (tertiary/aromatic N) is 1. The van der Waals surface area contributed by atoms with Gasteiger partial charge in [0.25, 0.3) is 0 Å². The number of hydrogen-bond donors (Lipinski definition) is 1. The van der Waals surface area contributed by atoms with Gasteiger partial charge in [0.05, 0.1) is 10.7 Å². The number of anilines is 1. The normalized spacial score (nSPS) is 19.1. The third-order valence-electron chi connectivity index (χ3n) is 3.63. The first-order valence-corrected chi connectivity index (χ1v) is 7.48. The van der Waals surface area contributed by atoms with Crippen LogP contribution in [-0.4, -0.2) is 19.6 Å². The molecule has 1 atom stereocenters. The Morgan fingerprint density at radius 2 is 1.85 bits per heavy atom. The minimum absolute atomic E-state index is 0.319. The number of benzene rings is 2. The van der Waals surface area contributed by atoms with Gasteiger partial charge in [-0.15, -0.1) is 0 Å². The summed E-state index contributed by atoms with van der Waals surface area (Å²) in [6, 6.07) is 16.4. The van der Waals surface area contributed by atoms with Crippen molar-refractivity contribution in [2.75, 3.05) is 24.5 Å². The third kappa shape index (κ3) is 2.93. The number of hydrogen-bond acceptors (Lipinski definition) is 2. The summed E-state index contributed by atoms with van der Waals surface area (Å²) >= 11 is 12.4. The first-order valence-electron chi connectivity index (χ1n) is 6.72. The van der Waals surface area contributed by atoms with E-state index in [0.29, 0.717) is 6.04 Å². The number of nitrogens with one attached hydrogen (secondary N) is 1. The summed E-state index contributed by atoms with van der Waals surface area (Å²) in [5.41, 5.74) is 2.32. The van der Waals surface area contributed by atoms with Gasteiger partial charge in [-0.3, -0.25) is 0 Å². The molecule has 0 amide bonds. The van der Waals surface area contributed by atoms with Crippen LogP contribution in [0.1, 0.15) is 11.6 Å². The maximum atomic E-state index is 6.30. The molecule has 104 valence electrons. The van der Waals surface area contributed by atoms with Gasteiger partial charge in [-0.2, -0.15) is 0 Å². The topological polar surface area (TPSA) is 15.3 Å². The Hall–Kier alpha value is -1.22. The molecule has 2 aromatic rings. The van der Waals surface area contributed by atoms with E-state index in [4.69, 9.17) is 23.2 Å². The summed E-state index contributed by atoms with van der Waals surface area (Å²) in [6.07, 6.45) is 0. The van der Waals surface area contributed by atoms with Crippen LogP contribution < -0.4 is 10.2 Å². The van der Waals surface area contributed by atoms with Crippen LogP contribution in [-0.2, 0) is 0 Å². The highest BCUT2D eigenvalue weighted by molar-refractivity contribution is 6.35. The predicted octanol–water partition coefficient (Wildman–Crippen LogP) is 4.14. The first-order chi connectivity index (χ1) is 9.74. The van der Waals surface area contributed by atoms with Crippen LogP contribution in [0.25, 0.3) is 0 Å². The van der Waals surface area contributed by atoms with Crippen molar-refractivity contribution in [1.29, 1.82) is 0 Å². The fourth-order valence-corrected chi connectivity index (χ4v) is 3.01. The van der Waals surface area contributed by atoms with Crippen LogP contribution in [0.4, 0.5) is 5.69 Å². The van der Waals surface area contributed by atoms with Gasteiger partial charge in [-0.25, -0.2) is 0 Å². The van der Waals surface area contributed by atoms with E-state index in [1.54, 1.807) is 0 Å². The van der Waals surface area contributed by atoms with Gasteiger partial charge in [-0.1, -0.05) is 53.5 Å². The summed E-state index contributed by atoms with van der Waals surface area (Å²) in [6.45, 7) is 2.76. The van der Waals surface area contributed by atoms with Crippen molar-refractivity contribution in [3.63, 3.8) is 0 Å². The second-order valence-corrected chi connectivity index (χ2v) is 5.80. The van der Waals surface area contributed by atoms with Crippen LogP contribution in [0.5, 0.6) is 0 Å². The highest BCUT2D eigenvalue weighted by atomic mass is 35.5. The standard InChI is InChI=1S/C16H16Cl2N2/c17-13-6-7-14(18)16(10-13)20-9-8-19-15(11-20)12-4-2-1-3-5-12/h1-7,10,15,19H,8-9,11H2. The van der Waals surface area contributed by atoms with Crippen LogP contribution in [0.2, 0.25) is 10.0 Å². The molecule has 1 N–H and O–H groups in total. The van der Waals surface area contributed by atoms with E-state index in [-0.39, 0.29) is 0 Å². The fourth-order valence-electron chi connectivity index (χ4n) is 2.61. The lowest BCUT2D eigenvalue weighted by molar-refractivity contribution is 0.472. The molecule has 1 aliphatic rings. The van der Waals surface area contributed by atoms with Gasteiger partial charge in [0.2, 0.25) is 0 Å². The molecule has 0 aliphatic carbocycles. The average molecular weight is 307 g/mol. The van der Waals surface area contributed by atoms with Gasteiger partial charge >= 0.3 is 0 Å². The monoisotopic (exact) mass is 306 g/mol. The zero-order valence-electron chi connectivity index (χ0n) is 11.0. The zero-order valence-corrected chi connectivity index (χ0v) is 12.5. The number of rotatable bonds is 2. The molecule has 1 saturated heterocycles. The Morgan fingerprint density at radius 1 is 1.05 bits per heavy atom. The Morgan fingerprint density at radius 3 is 2.65 bits per heavy atom. The summed E-state index contributed by atoms with van der Waals surface area (Å²) in [7, 11) is 0. The highest BCUT2D eigenvalue weighted by Crippen LogP contribution is 2.31. The molecular formula is C16H16Cl2N2. The van der Waals surface area contributed by atoms with Gasteiger partial charge in [-0.05, 0) is 23.8 Å². The minimum atomic E-state index is 0.319. The molecule has 1 fully saturated rings. The molecule has 20 heavy (non-hydrogen) atoms. The van der Waals surface area contributed by atoms with Crippen LogP contribution in [0, 0.1) is 0 Å². The Balaban J connectivity index is 1.83. The smallest absolute Gasteiger partial charge is 0.0640 e. The molecule has 0 saturated carbocycles. The predicted molar refractivity (Wildman–Crippen MR) is 85.9 cm³/mol. The summed E-state index contributed by atoms with van der Waals surface area (Å²) in [4.78, 5) is 2.29. The molecule has 1 heterocycles. The molecule has 2 nitrogen and oxygen atoms in total. The fraction of sp³-hybridized carbons (Fsp3) is 0.250. The molecule has 0 radical (unpaired) electrons. The molecule has 2 aromatic carbocycles. The Labute approximate surface area is 129 Å². The molecule has 1 aliphatic heterocycles. The Kier molecular flexibility index (Phi) is 4.16. The van der Waals surface area contributed by atoms with Crippen molar-refractivity contribution < 1.29 is 0 Å². The van der Waals surface area contributed by atoms with E-state index in [9.17, 15) is 0 Å². The molecule has 0 aromatic heterocycles. The molecule has 3 rings (SSSR count).